The fourth-order valence-corrected chi connectivity index (χ4v) is 3.55. The third kappa shape index (κ3) is 3.05. The SMILES string of the molecule is FC(F)(F)c1ccc(-c2oc3ccccc3c2-c2cnc3ccccc3c2)cc1. The van der Waals surface area contributed by atoms with Gasteiger partial charge in [-0.25, -0.2) is 0 Å². The first-order valence-corrected chi connectivity index (χ1v) is 9.05. The van der Waals surface area contributed by atoms with Gasteiger partial charge in [0.25, 0.3) is 0 Å². The number of alkyl halides is 3. The second-order valence-electron chi connectivity index (χ2n) is 6.79. The van der Waals surface area contributed by atoms with Gasteiger partial charge < -0.3 is 4.42 Å². The highest BCUT2D eigenvalue weighted by Gasteiger charge is 2.30. The number of benzene rings is 3. The summed E-state index contributed by atoms with van der Waals surface area (Å²) >= 11 is 0. The molecule has 0 atom stereocenters. The molecule has 0 spiro atoms. The zero-order valence-corrected chi connectivity index (χ0v) is 15.1. The van der Waals surface area contributed by atoms with E-state index in [1.165, 1.54) is 12.1 Å². The highest BCUT2D eigenvalue weighted by Crippen LogP contribution is 2.41. The summed E-state index contributed by atoms with van der Waals surface area (Å²) in [5.74, 6) is 0.525. The average Bonchev–Trinajstić information content (AvgIpc) is 3.12. The molecule has 0 unspecified atom stereocenters. The van der Waals surface area contributed by atoms with Gasteiger partial charge in [-0.1, -0.05) is 48.5 Å². The minimum atomic E-state index is -4.38. The van der Waals surface area contributed by atoms with Crippen LogP contribution in [0.3, 0.4) is 0 Å². The maximum Gasteiger partial charge on any atom is 0.416 e. The zero-order chi connectivity index (χ0) is 20.0. The van der Waals surface area contributed by atoms with Crippen LogP contribution in [0, 0.1) is 0 Å². The van der Waals surface area contributed by atoms with Crippen LogP contribution in [0.15, 0.2) is 89.5 Å². The van der Waals surface area contributed by atoms with Crippen molar-refractivity contribution >= 4 is 21.9 Å². The summed E-state index contributed by atoms with van der Waals surface area (Å²) in [6.07, 6.45) is -2.61. The molecule has 0 radical (unpaired) electrons. The molecule has 29 heavy (non-hydrogen) atoms. The number of furan rings is 1. The van der Waals surface area contributed by atoms with Gasteiger partial charge in [-0.2, -0.15) is 13.2 Å². The molecule has 3 aromatic carbocycles. The second kappa shape index (κ2) is 6.48. The fourth-order valence-electron chi connectivity index (χ4n) is 3.55. The monoisotopic (exact) mass is 389 g/mol. The van der Waals surface area contributed by atoms with Gasteiger partial charge in [-0.3, -0.25) is 4.98 Å². The van der Waals surface area contributed by atoms with Gasteiger partial charge in [0.1, 0.15) is 11.3 Å². The largest absolute Gasteiger partial charge is 0.455 e. The summed E-state index contributed by atoms with van der Waals surface area (Å²) < 4.78 is 44.9. The summed E-state index contributed by atoms with van der Waals surface area (Å²) in [4.78, 5) is 4.53. The number of aromatic nitrogens is 1. The van der Waals surface area contributed by atoms with E-state index in [2.05, 4.69) is 4.98 Å². The smallest absolute Gasteiger partial charge is 0.416 e. The molecule has 0 aliphatic rings. The van der Waals surface area contributed by atoms with Crippen LogP contribution in [0.25, 0.3) is 44.3 Å². The highest BCUT2D eigenvalue weighted by atomic mass is 19.4. The minimum absolute atomic E-state index is 0.525. The molecule has 5 heteroatoms. The van der Waals surface area contributed by atoms with Crippen molar-refractivity contribution in [2.75, 3.05) is 0 Å². The number of hydrogen-bond acceptors (Lipinski definition) is 2. The topological polar surface area (TPSA) is 26.0 Å². The van der Waals surface area contributed by atoms with Crippen molar-refractivity contribution in [2.24, 2.45) is 0 Å². The Morgan fingerprint density at radius 2 is 1.48 bits per heavy atom. The van der Waals surface area contributed by atoms with Crippen LogP contribution in [0.2, 0.25) is 0 Å². The maximum atomic E-state index is 13.0. The van der Waals surface area contributed by atoms with Gasteiger partial charge in [0.2, 0.25) is 0 Å². The Hall–Kier alpha value is -3.60. The summed E-state index contributed by atoms with van der Waals surface area (Å²) in [7, 11) is 0. The van der Waals surface area contributed by atoms with Crippen LogP contribution >= 0.6 is 0 Å². The molecule has 0 bridgehead atoms. The molecule has 5 aromatic rings. The normalized spacial score (nSPS) is 12.0. The Morgan fingerprint density at radius 1 is 0.759 bits per heavy atom. The molecule has 0 saturated carbocycles. The molecule has 2 heterocycles. The van der Waals surface area contributed by atoms with E-state index in [1.54, 1.807) is 6.20 Å². The van der Waals surface area contributed by atoms with Crippen molar-refractivity contribution in [3.05, 3.63) is 90.6 Å². The standard InChI is InChI=1S/C24H14F3NO/c25-24(26,27)18-11-9-15(10-12-18)23-22(19-6-2-4-8-21(19)29-23)17-13-16-5-1-3-7-20(16)28-14-17/h1-14H. The van der Waals surface area contributed by atoms with Crippen molar-refractivity contribution in [1.82, 2.24) is 4.98 Å². The molecule has 0 fully saturated rings. The Morgan fingerprint density at radius 3 is 2.28 bits per heavy atom. The second-order valence-corrected chi connectivity index (χ2v) is 6.79. The van der Waals surface area contributed by atoms with E-state index in [-0.39, 0.29) is 0 Å². The fraction of sp³-hybridized carbons (Fsp3) is 0.0417. The number of nitrogens with zero attached hydrogens (tertiary/aromatic N) is 1. The summed E-state index contributed by atoms with van der Waals surface area (Å²) in [6.45, 7) is 0. The molecule has 0 N–H and O–H groups in total. The van der Waals surface area contributed by atoms with Gasteiger partial charge in [0, 0.05) is 33.7 Å². The Balaban J connectivity index is 1.74. The number of fused-ring (bicyclic) bond motifs is 2. The third-order valence-corrected chi connectivity index (χ3v) is 4.95. The molecule has 2 nitrogen and oxygen atoms in total. The van der Waals surface area contributed by atoms with E-state index < -0.39 is 11.7 Å². The predicted molar refractivity (Wildman–Crippen MR) is 107 cm³/mol. The minimum Gasteiger partial charge on any atom is -0.455 e. The molecular formula is C24H14F3NO. The maximum absolute atomic E-state index is 13.0. The first-order chi connectivity index (χ1) is 14.0. The lowest BCUT2D eigenvalue weighted by Crippen LogP contribution is -2.03. The zero-order valence-electron chi connectivity index (χ0n) is 15.1. The molecular weight excluding hydrogens is 375 g/mol. The number of pyridine rings is 1. The van der Waals surface area contributed by atoms with Crippen LogP contribution in [0.5, 0.6) is 0 Å². The Kier molecular flexibility index (Phi) is 3.91. The lowest BCUT2D eigenvalue weighted by atomic mass is 9.98. The Bertz CT molecular complexity index is 1330. The third-order valence-electron chi connectivity index (χ3n) is 4.95. The number of para-hydroxylation sites is 2. The summed E-state index contributed by atoms with van der Waals surface area (Å²) in [5, 5.41) is 1.87. The van der Waals surface area contributed by atoms with Crippen LogP contribution < -0.4 is 0 Å². The van der Waals surface area contributed by atoms with E-state index in [9.17, 15) is 13.2 Å². The quantitative estimate of drug-likeness (QED) is 0.316. The number of hydrogen-bond donors (Lipinski definition) is 0. The highest BCUT2D eigenvalue weighted by molar-refractivity contribution is 6.02. The van der Waals surface area contributed by atoms with Crippen molar-refractivity contribution < 1.29 is 17.6 Å². The molecule has 5 rings (SSSR count). The van der Waals surface area contributed by atoms with E-state index in [0.717, 1.165) is 39.5 Å². The molecule has 0 aliphatic heterocycles. The number of rotatable bonds is 2. The number of halogens is 3. The van der Waals surface area contributed by atoms with Crippen LogP contribution in [-0.4, -0.2) is 4.98 Å². The molecule has 142 valence electrons. The van der Waals surface area contributed by atoms with Crippen LogP contribution in [0.1, 0.15) is 5.56 Å². The Labute approximate surface area is 164 Å². The summed E-state index contributed by atoms with van der Waals surface area (Å²) in [6, 6.07) is 22.4. The van der Waals surface area contributed by atoms with Gasteiger partial charge >= 0.3 is 6.18 Å². The van der Waals surface area contributed by atoms with Gasteiger partial charge in [-0.15, -0.1) is 0 Å². The molecule has 2 aromatic heterocycles. The molecule has 0 amide bonds. The first kappa shape index (κ1) is 17.5. The van der Waals surface area contributed by atoms with Crippen molar-refractivity contribution in [3.8, 4) is 22.5 Å². The molecule has 0 saturated heterocycles. The van der Waals surface area contributed by atoms with Crippen LogP contribution in [-0.2, 0) is 6.18 Å². The van der Waals surface area contributed by atoms with Crippen molar-refractivity contribution in [2.45, 2.75) is 6.18 Å². The lowest BCUT2D eigenvalue weighted by molar-refractivity contribution is -0.137. The lowest BCUT2D eigenvalue weighted by Gasteiger charge is -2.08. The van der Waals surface area contributed by atoms with Crippen molar-refractivity contribution in [3.63, 3.8) is 0 Å². The van der Waals surface area contributed by atoms with Gasteiger partial charge in [0.05, 0.1) is 11.1 Å². The average molecular weight is 389 g/mol. The van der Waals surface area contributed by atoms with Gasteiger partial charge in [0.15, 0.2) is 0 Å². The molecule has 0 aliphatic carbocycles. The first-order valence-electron chi connectivity index (χ1n) is 9.05. The van der Waals surface area contributed by atoms with Crippen molar-refractivity contribution in [1.29, 1.82) is 0 Å². The summed E-state index contributed by atoms with van der Waals surface area (Å²) in [5.41, 5.74) is 3.11. The van der Waals surface area contributed by atoms with E-state index in [0.29, 0.717) is 16.9 Å². The van der Waals surface area contributed by atoms with E-state index >= 15 is 0 Å². The van der Waals surface area contributed by atoms with E-state index in [4.69, 9.17) is 4.42 Å². The van der Waals surface area contributed by atoms with E-state index in [1.807, 2.05) is 54.6 Å². The van der Waals surface area contributed by atoms with Gasteiger partial charge in [-0.05, 0) is 30.3 Å². The van der Waals surface area contributed by atoms with Crippen LogP contribution in [0.4, 0.5) is 13.2 Å². The predicted octanol–water partition coefficient (Wildman–Crippen LogP) is 7.33.